The summed E-state index contributed by atoms with van der Waals surface area (Å²) >= 11 is 0. The quantitative estimate of drug-likeness (QED) is 0.339. The smallest absolute Gasteiger partial charge is 0.332 e. The lowest BCUT2D eigenvalue weighted by Crippen LogP contribution is -2.43. The van der Waals surface area contributed by atoms with Crippen molar-refractivity contribution in [3.05, 3.63) is 45.6 Å². The minimum atomic E-state index is -0.787. The van der Waals surface area contributed by atoms with Crippen LogP contribution in [0, 0.1) is 24.3 Å². The zero-order valence-electron chi connectivity index (χ0n) is 11.0. The summed E-state index contributed by atoms with van der Waals surface area (Å²) in [6, 6.07) is 3.85. The number of rotatable bonds is 2. The minimum Gasteiger partial charge on any atom is -0.618 e. The predicted molar refractivity (Wildman–Crippen MR) is 71.7 cm³/mol. The Morgan fingerprint density at radius 3 is 2.45 bits per heavy atom. The molecule has 2 amide bonds. The third kappa shape index (κ3) is 2.30. The number of nitrogens with one attached hydrogen (secondary N) is 1. The van der Waals surface area contributed by atoms with Crippen molar-refractivity contribution in [1.29, 1.82) is 0 Å². The van der Waals surface area contributed by atoms with Crippen LogP contribution in [0.5, 0.6) is 0 Å². The van der Waals surface area contributed by atoms with Crippen molar-refractivity contribution in [2.75, 3.05) is 0 Å². The fourth-order valence-electron chi connectivity index (χ4n) is 1.78. The molecule has 1 heterocycles. The first-order valence-electron chi connectivity index (χ1n) is 5.76. The molecular formula is C12H13N5O3. The second kappa shape index (κ2) is 5.00. The van der Waals surface area contributed by atoms with E-state index in [2.05, 4.69) is 5.10 Å². The van der Waals surface area contributed by atoms with Crippen LogP contribution in [0.15, 0.2) is 23.3 Å². The van der Waals surface area contributed by atoms with Crippen molar-refractivity contribution >= 4 is 23.3 Å². The highest BCUT2D eigenvalue weighted by Crippen LogP contribution is 2.10. The molecule has 0 aliphatic carbocycles. The number of amides is 2. The molecule has 0 unspecified atom stereocenters. The number of benzene rings is 1. The fourth-order valence-corrected chi connectivity index (χ4v) is 1.78. The number of hydrogen-bond donors (Lipinski definition) is 2. The molecule has 0 spiro atoms. The zero-order chi connectivity index (χ0) is 14.9. The molecule has 2 aromatic rings. The number of aromatic nitrogens is 2. The van der Waals surface area contributed by atoms with E-state index in [1.54, 1.807) is 19.9 Å². The fraction of sp³-hybridized carbons (Fsp3) is 0.167. The van der Waals surface area contributed by atoms with Crippen molar-refractivity contribution in [1.82, 2.24) is 5.43 Å². The van der Waals surface area contributed by atoms with Crippen LogP contribution in [0.25, 0.3) is 11.0 Å². The van der Waals surface area contributed by atoms with Gasteiger partial charge in [0.2, 0.25) is 0 Å². The summed E-state index contributed by atoms with van der Waals surface area (Å²) in [7, 11) is 0. The number of nitrogens with two attached hydrogens (primary N) is 1. The molecule has 2 rings (SSSR count). The molecule has 0 aliphatic heterocycles. The lowest BCUT2D eigenvalue weighted by molar-refractivity contribution is -0.638. The molecule has 0 bridgehead atoms. The summed E-state index contributed by atoms with van der Waals surface area (Å²) in [4.78, 5) is 10.5. The van der Waals surface area contributed by atoms with Gasteiger partial charge in [-0.1, -0.05) is 0 Å². The number of nitrogens with zero attached hydrogens (tertiary/aromatic N) is 3. The molecule has 0 fully saturated rings. The molecule has 1 aromatic heterocycles. The Hall–Kier alpha value is -2.90. The predicted octanol–water partition coefficient (Wildman–Crippen LogP) is -0.274. The van der Waals surface area contributed by atoms with Crippen LogP contribution in [-0.2, 0) is 0 Å². The maximum Gasteiger partial charge on any atom is 0.332 e. The third-order valence-electron chi connectivity index (χ3n) is 2.96. The summed E-state index contributed by atoms with van der Waals surface area (Å²) in [6.07, 6.45) is 1.33. The number of hydrazone groups is 1. The van der Waals surface area contributed by atoms with Gasteiger partial charge in [-0.15, -0.1) is 0 Å². The lowest BCUT2D eigenvalue weighted by atomic mass is 10.2. The highest BCUT2D eigenvalue weighted by molar-refractivity contribution is 5.85. The number of hydrogen-bond acceptors (Lipinski definition) is 4. The first kappa shape index (κ1) is 13.5. The Morgan fingerprint density at radius 2 is 1.85 bits per heavy atom. The SMILES string of the molecule is Cc1c(C)[n+]([O-])c2cc(/C=N/NC(N)=O)ccc2[n+]1[O-]. The Bertz CT molecular complexity index is 727. The van der Waals surface area contributed by atoms with Gasteiger partial charge in [-0.05, 0) is 6.07 Å². The van der Waals surface area contributed by atoms with E-state index in [9.17, 15) is 15.2 Å². The Labute approximate surface area is 114 Å². The average molecular weight is 275 g/mol. The average Bonchev–Trinajstić information content (AvgIpc) is 2.42. The van der Waals surface area contributed by atoms with Crippen molar-refractivity contribution < 1.29 is 14.3 Å². The maximum atomic E-state index is 12.1. The molecule has 20 heavy (non-hydrogen) atoms. The van der Waals surface area contributed by atoms with Gasteiger partial charge in [-0.25, -0.2) is 10.2 Å². The molecule has 8 nitrogen and oxygen atoms in total. The Balaban J connectivity index is 2.54. The largest absolute Gasteiger partial charge is 0.618 e. The summed E-state index contributed by atoms with van der Waals surface area (Å²) in [5.74, 6) is 0. The second-order valence-electron chi connectivity index (χ2n) is 4.24. The van der Waals surface area contributed by atoms with Crippen LogP contribution in [0.2, 0.25) is 0 Å². The van der Waals surface area contributed by atoms with Gasteiger partial charge in [-0.2, -0.15) is 14.6 Å². The summed E-state index contributed by atoms with van der Waals surface area (Å²) in [6.45, 7) is 3.16. The van der Waals surface area contributed by atoms with Gasteiger partial charge in [0.25, 0.3) is 22.4 Å². The first-order chi connectivity index (χ1) is 9.41. The molecule has 0 atom stereocenters. The first-order valence-corrected chi connectivity index (χ1v) is 5.76. The zero-order valence-corrected chi connectivity index (χ0v) is 11.0. The van der Waals surface area contributed by atoms with Crippen molar-refractivity contribution in [2.45, 2.75) is 13.8 Å². The van der Waals surface area contributed by atoms with Crippen LogP contribution in [0.4, 0.5) is 4.79 Å². The van der Waals surface area contributed by atoms with Crippen molar-refractivity contribution in [3.63, 3.8) is 0 Å². The van der Waals surface area contributed by atoms with Gasteiger partial charge in [-0.3, -0.25) is 0 Å². The molecule has 0 radical (unpaired) electrons. The Kier molecular flexibility index (Phi) is 3.38. The van der Waals surface area contributed by atoms with Crippen LogP contribution in [0.3, 0.4) is 0 Å². The van der Waals surface area contributed by atoms with E-state index in [-0.39, 0.29) is 11.0 Å². The third-order valence-corrected chi connectivity index (χ3v) is 2.96. The molecule has 104 valence electrons. The molecule has 8 heteroatoms. The molecule has 1 aromatic carbocycles. The van der Waals surface area contributed by atoms with Crippen LogP contribution in [-0.4, -0.2) is 12.2 Å². The maximum absolute atomic E-state index is 12.1. The van der Waals surface area contributed by atoms with E-state index in [1.807, 2.05) is 5.43 Å². The van der Waals surface area contributed by atoms with Gasteiger partial charge in [0.15, 0.2) is 0 Å². The minimum absolute atomic E-state index is 0.228. The van der Waals surface area contributed by atoms with Crippen molar-refractivity contribution in [2.24, 2.45) is 10.8 Å². The van der Waals surface area contributed by atoms with E-state index < -0.39 is 6.03 Å². The Morgan fingerprint density at radius 1 is 1.25 bits per heavy atom. The van der Waals surface area contributed by atoms with Crippen LogP contribution in [0.1, 0.15) is 17.0 Å². The van der Waals surface area contributed by atoms with E-state index in [0.717, 1.165) is 0 Å². The highest BCUT2D eigenvalue weighted by Gasteiger charge is 2.21. The second-order valence-corrected chi connectivity index (χ2v) is 4.24. The molecule has 3 N–H and O–H groups in total. The van der Waals surface area contributed by atoms with E-state index >= 15 is 0 Å². The number of urea groups is 1. The number of carbonyl (C=O) groups excluding carboxylic acids is 1. The molecular weight excluding hydrogens is 262 g/mol. The van der Waals surface area contributed by atoms with Gasteiger partial charge in [0, 0.05) is 31.5 Å². The van der Waals surface area contributed by atoms with Gasteiger partial charge in [0.1, 0.15) is 0 Å². The van der Waals surface area contributed by atoms with Crippen LogP contribution < -0.4 is 20.6 Å². The topological polar surface area (TPSA) is 121 Å². The van der Waals surface area contributed by atoms with E-state index in [4.69, 9.17) is 5.73 Å². The molecule has 0 aliphatic rings. The lowest BCUT2D eigenvalue weighted by Gasteiger charge is -2.09. The number of carbonyl (C=O) groups is 1. The molecule has 0 saturated carbocycles. The van der Waals surface area contributed by atoms with Gasteiger partial charge in [0.05, 0.1) is 6.21 Å². The van der Waals surface area contributed by atoms with Gasteiger partial charge < -0.3 is 16.1 Å². The standard InChI is InChI=1S/C12H13N5O3/c1-7-8(2)17(20)11-5-9(6-14-15-12(13)18)3-4-10(11)16(7)19/h3-6H,1-2H3,(H3,13,15,18)/b14-6+. The number of primary amides is 1. The summed E-state index contributed by atoms with van der Waals surface area (Å²) < 4.78 is 1.40. The highest BCUT2D eigenvalue weighted by atomic mass is 16.5. The van der Waals surface area contributed by atoms with E-state index in [0.29, 0.717) is 26.4 Å². The van der Waals surface area contributed by atoms with Crippen LogP contribution >= 0.6 is 0 Å². The monoisotopic (exact) mass is 275 g/mol. The summed E-state index contributed by atoms with van der Waals surface area (Å²) in [5, 5.41) is 27.6. The number of fused-ring (bicyclic) bond motifs is 1. The normalized spacial score (nSPS) is 11.1. The summed E-state index contributed by atoms with van der Waals surface area (Å²) in [5.41, 5.74) is 8.64. The van der Waals surface area contributed by atoms with E-state index in [1.165, 1.54) is 18.3 Å². The molecule has 0 saturated heterocycles. The van der Waals surface area contributed by atoms with Crippen molar-refractivity contribution in [3.8, 4) is 0 Å². The van der Waals surface area contributed by atoms with Gasteiger partial charge >= 0.3 is 6.03 Å².